The fourth-order valence-electron chi connectivity index (χ4n) is 2.74. The number of rotatable bonds is 3. The van der Waals surface area contributed by atoms with E-state index in [1.54, 1.807) is 10.9 Å². The summed E-state index contributed by atoms with van der Waals surface area (Å²) in [6, 6.07) is 4.24. The molecular formula is C15H16N4OS. The molecule has 0 aromatic carbocycles. The second kappa shape index (κ2) is 5.13. The average Bonchev–Trinajstić information content (AvgIpc) is 3.18. The minimum absolute atomic E-state index is 0.808. The van der Waals surface area contributed by atoms with Crippen LogP contribution in [0.15, 0.2) is 34.4 Å². The van der Waals surface area contributed by atoms with Gasteiger partial charge in [-0.25, -0.2) is 0 Å². The lowest BCUT2D eigenvalue weighted by Crippen LogP contribution is -2.28. The Hall–Kier alpha value is -1.92. The lowest BCUT2D eigenvalue weighted by molar-refractivity contribution is 0.216. The lowest BCUT2D eigenvalue weighted by atomic mass is 10.1. The number of nitrogens with zero attached hydrogens (tertiary/aromatic N) is 4. The molecule has 5 nitrogen and oxygen atoms in total. The molecule has 6 heteroatoms. The summed E-state index contributed by atoms with van der Waals surface area (Å²) in [5.74, 6) is 0.910. The van der Waals surface area contributed by atoms with Crippen LogP contribution in [0.2, 0.25) is 0 Å². The van der Waals surface area contributed by atoms with Crippen LogP contribution in [-0.2, 0) is 26.6 Å². The molecule has 21 heavy (non-hydrogen) atoms. The van der Waals surface area contributed by atoms with Crippen molar-refractivity contribution in [3.8, 4) is 11.3 Å². The molecule has 0 N–H and O–H groups in total. The van der Waals surface area contributed by atoms with Crippen molar-refractivity contribution in [1.29, 1.82) is 0 Å². The molecule has 0 amide bonds. The fourth-order valence-corrected chi connectivity index (χ4v) is 3.63. The van der Waals surface area contributed by atoms with Gasteiger partial charge < -0.3 is 4.52 Å². The predicted molar refractivity (Wildman–Crippen MR) is 80.8 cm³/mol. The van der Waals surface area contributed by atoms with Gasteiger partial charge in [0, 0.05) is 42.8 Å². The maximum Gasteiger partial charge on any atom is 0.151 e. The standard InChI is InChI=1S/C15H16N4OS/c1-18-8-12(7-16-18)14-6-13(20-17-14)10-19-4-2-15-11(9-19)3-5-21-15/h3,5-8H,2,4,9-10H2,1H3. The molecule has 0 saturated heterocycles. The number of hydrogen-bond donors (Lipinski definition) is 0. The summed E-state index contributed by atoms with van der Waals surface area (Å²) in [6.07, 6.45) is 4.89. The largest absolute Gasteiger partial charge is 0.359 e. The number of thiophene rings is 1. The Morgan fingerprint density at radius 2 is 2.38 bits per heavy atom. The van der Waals surface area contributed by atoms with Gasteiger partial charge in [-0.1, -0.05) is 5.16 Å². The average molecular weight is 300 g/mol. The molecule has 0 aliphatic carbocycles. The van der Waals surface area contributed by atoms with E-state index in [1.807, 2.05) is 30.6 Å². The van der Waals surface area contributed by atoms with Crippen LogP contribution in [0.3, 0.4) is 0 Å². The van der Waals surface area contributed by atoms with E-state index in [1.165, 1.54) is 10.4 Å². The molecule has 0 atom stereocenters. The first-order valence-electron chi connectivity index (χ1n) is 7.00. The van der Waals surface area contributed by atoms with Crippen molar-refractivity contribution in [2.45, 2.75) is 19.5 Å². The van der Waals surface area contributed by atoms with Crippen LogP contribution in [0.1, 0.15) is 16.2 Å². The highest BCUT2D eigenvalue weighted by Crippen LogP contribution is 2.26. The fraction of sp³-hybridized carbons (Fsp3) is 0.333. The van der Waals surface area contributed by atoms with Crippen molar-refractivity contribution >= 4 is 11.3 Å². The number of hydrogen-bond acceptors (Lipinski definition) is 5. The third kappa shape index (κ3) is 2.52. The maximum absolute atomic E-state index is 5.47. The van der Waals surface area contributed by atoms with Crippen LogP contribution in [-0.4, -0.2) is 26.4 Å². The summed E-state index contributed by atoms with van der Waals surface area (Å²) in [5.41, 5.74) is 3.30. The number of aromatic nitrogens is 3. The van der Waals surface area contributed by atoms with Gasteiger partial charge in [0.05, 0.1) is 12.7 Å². The van der Waals surface area contributed by atoms with Gasteiger partial charge in [0.15, 0.2) is 5.76 Å². The van der Waals surface area contributed by atoms with E-state index in [0.717, 1.165) is 43.1 Å². The van der Waals surface area contributed by atoms with Gasteiger partial charge in [-0.15, -0.1) is 11.3 Å². The molecule has 4 rings (SSSR count). The summed E-state index contributed by atoms with van der Waals surface area (Å²) < 4.78 is 7.24. The van der Waals surface area contributed by atoms with E-state index >= 15 is 0 Å². The summed E-state index contributed by atoms with van der Waals surface area (Å²) >= 11 is 1.87. The zero-order valence-electron chi connectivity index (χ0n) is 11.8. The Morgan fingerprint density at radius 1 is 1.43 bits per heavy atom. The lowest BCUT2D eigenvalue weighted by Gasteiger charge is -2.25. The van der Waals surface area contributed by atoms with Crippen molar-refractivity contribution in [3.63, 3.8) is 0 Å². The molecule has 0 spiro atoms. The summed E-state index contributed by atoms with van der Waals surface area (Å²) in [4.78, 5) is 3.93. The van der Waals surface area contributed by atoms with Crippen molar-refractivity contribution in [1.82, 2.24) is 19.8 Å². The first-order chi connectivity index (χ1) is 10.3. The van der Waals surface area contributed by atoms with Crippen molar-refractivity contribution < 1.29 is 4.52 Å². The molecular weight excluding hydrogens is 284 g/mol. The van der Waals surface area contributed by atoms with E-state index in [0.29, 0.717) is 0 Å². The van der Waals surface area contributed by atoms with E-state index in [-0.39, 0.29) is 0 Å². The highest BCUT2D eigenvalue weighted by molar-refractivity contribution is 7.10. The van der Waals surface area contributed by atoms with Gasteiger partial charge in [-0.2, -0.15) is 5.10 Å². The van der Waals surface area contributed by atoms with Gasteiger partial charge in [0.2, 0.25) is 0 Å². The summed E-state index contributed by atoms with van der Waals surface area (Å²) in [7, 11) is 1.90. The number of aryl methyl sites for hydroxylation is 1. The minimum atomic E-state index is 0.808. The van der Waals surface area contributed by atoms with Crippen LogP contribution >= 0.6 is 11.3 Å². The molecule has 108 valence electrons. The van der Waals surface area contributed by atoms with Crippen LogP contribution in [0.4, 0.5) is 0 Å². The molecule has 1 aliphatic heterocycles. The van der Waals surface area contributed by atoms with Crippen LogP contribution < -0.4 is 0 Å². The molecule has 0 unspecified atom stereocenters. The molecule has 0 fully saturated rings. The van der Waals surface area contributed by atoms with Gasteiger partial charge in [-0.3, -0.25) is 9.58 Å². The van der Waals surface area contributed by atoms with E-state index in [4.69, 9.17) is 4.52 Å². The minimum Gasteiger partial charge on any atom is -0.359 e. The Morgan fingerprint density at radius 3 is 3.24 bits per heavy atom. The molecule has 0 radical (unpaired) electrons. The third-order valence-corrected chi connectivity index (χ3v) is 4.85. The normalized spacial score (nSPS) is 15.3. The predicted octanol–water partition coefficient (Wildman–Crippen LogP) is 2.69. The van der Waals surface area contributed by atoms with Gasteiger partial charge in [0.1, 0.15) is 5.69 Å². The Bertz CT molecular complexity index is 757. The highest BCUT2D eigenvalue weighted by atomic mass is 32.1. The van der Waals surface area contributed by atoms with Crippen molar-refractivity contribution in [3.05, 3.63) is 46.1 Å². The smallest absolute Gasteiger partial charge is 0.151 e. The molecule has 0 bridgehead atoms. The van der Waals surface area contributed by atoms with Crippen LogP contribution in [0, 0.1) is 0 Å². The summed E-state index contributed by atoms with van der Waals surface area (Å²) in [6.45, 7) is 2.89. The van der Waals surface area contributed by atoms with Crippen molar-refractivity contribution in [2.75, 3.05) is 6.54 Å². The van der Waals surface area contributed by atoms with Crippen molar-refractivity contribution in [2.24, 2.45) is 7.05 Å². The zero-order valence-corrected chi connectivity index (χ0v) is 12.6. The van der Waals surface area contributed by atoms with E-state index in [2.05, 4.69) is 26.6 Å². The van der Waals surface area contributed by atoms with E-state index in [9.17, 15) is 0 Å². The molecule has 4 heterocycles. The monoisotopic (exact) mass is 300 g/mol. The second-order valence-electron chi connectivity index (χ2n) is 5.41. The van der Waals surface area contributed by atoms with Crippen LogP contribution in [0.5, 0.6) is 0 Å². The van der Waals surface area contributed by atoms with Gasteiger partial charge in [0.25, 0.3) is 0 Å². The third-order valence-electron chi connectivity index (χ3n) is 3.83. The Balaban J connectivity index is 1.47. The summed E-state index contributed by atoms with van der Waals surface area (Å²) in [5, 5.41) is 10.5. The Kier molecular flexibility index (Phi) is 3.12. The quantitative estimate of drug-likeness (QED) is 0.746. The van der Waals surface area contributed by atoms with Gasteiger partial charge in [-0.05, 0) is 23.4 Å². The van der Waals surface area contributed by atoms with E-state index < -0.39 is 0 Å². The maximum atomic E-state index is 5.47. The molecule has 3 aromatic rings. The Labute approximate surface area is 126 Å². The molecule has 1 aliphatic rings. The van der Waals surface area contributed by atoms with Crippen LogP contribution in [0.25, 0.3) is 11.3 Å². The first kappa shape index (κ1) is 12.8. The van der Waals surface area contributed by atoms with Gasteiger partial charge >= 0.3 is 0 Å². The molecule has 3 aromatic heterocycles. The first-order valence-corrected chi connectivity index (χ1v) is 7.88. The second-order valence-corrected chi connectivity index (χ2v) is 6.41. The SMILES string of the molecule is Cn1cc(-c2cc(CN3CCc4sccc4C3)on2)cn1. The molecule has 0 saturated carbocycles. The number of fused-ring (bicyclic) bond motifs is 1. The topological polar surface area (TPSA) is 47.1 Å². The zero-order chi connectivity index (χ0) is 14.2. The highest BCUT2D eigenvalue weighted by Gasteiger charge is 2.19.